The van der Waals surface area contributed by atoms with Crippen molar-refractivity contribution in [1.29, 1.82) is 0 Å². The summed E-state index contributed by atoms with van der Waals surface area (Å²) in [4.78, 5) is 10.1. The molecule has 0 aliphatic carbocycles. The number of quaternary nitrogens is 1. The molecule has 0 aromatic carbocycles. The van der Waals surface area contributed by atoms with Crippen LogP contribution in [0.3, 0.4) is 0 Å². The first-order valence-electron chi connectivity index (χ1n) is 3.69. The van der Waals surface area contributed by atoms with Crippen molar-refractivity contribution in [3.63, 3.8) is 0 Å². The van der Waals surface area contributed by atoms with Crippen LogP contribution in [0.5, 0.6) is 0 Å². The smallest absolute Gasteiger partial charge is 0.328 e. The molecule has 0 aliphatic rings. The highest BCUT2D eigenvalue weighted by Crippen LogP contribution is 1.94. The van der Waals surface area contributed by atoms with E-state index in [1.54, 1.807) is 6.08 Å². The number of rotatable bonds is 4. The molecule has 0 aliphatic heterocycles. The maximum atomic E-state index is 10.1. The average molecular weight is 158 g/mol. The number of aliphatic carboxylic acids is 1. The molecule has 0 amide bonds. The molecule has 0 aromatic rings. The number of likely N-dealkylation sites (N-methyl/N-ethyl adjacent to an activating group) is 1. The van der Waals surface area contributed by atoms with Crippen molar-refractivity contribution < 1.29 is 14.4 Å². The van der Waals surface area contributed by atoms with Gasteiger partial charge < -0.3 is 9.59 Å². The molecule has 11 heavy (non-hydrogen) atoms. The lowest BCUT2D eigenvalue weighted by molar-refractivity contribution is -0.882. The second kappa shape index (κ2) is 4.13. The number of carboxylic acid groups (broad SMARTS) is 1. The third kappa shape index (κ3) is 5.61. The minimum atomic E-state index is -0.874. The highest BCUT2D eigenvalue weighted by molar-refractivity contribution is 5.79. The van der Waals surface area contributed by atoms with Gasteiger partial charge in [0, 0.05) is 6.08 Å². The average Bonchev–Trinajstić information content (AvgIpc) is 1.87. The van der Waals surface area contributed by atoms with E-state index < -0.39 is 5.97 Å². The standard InChI is InChI=1S/C8H15NO2/c1-4-9(2,3)7-5-6-8(10)11/h5-6H,4,7H2,1-3H3/p+1/b6-5+. The van der Waals surface area contributed by atoms with Crippen LogP contribution in [0.2, 0.25) is 0 Å². The monoisotopic (exact) mass is 158 g/mol. The molecule has 64 valence electrons. The maximum Gasteiger partial charge on any atom is 0.328 e. The summed E-state index contributed by atoms with van der Waals surface area (Å²) in [7, 11) is 4.12. The lowest BCUT2D eigenvalue weighted by atomic mass is 10.4. The molecule has 0 radical (unpaired) electrons. The van der Waals surface area contributed by atoms with Crippen LogP contribution >= 0.6 is 0 Å². The molecule has 0 bridgehead atoms. The largest absolute Gasteiger partial charge is 0.478 e. The van der Waals surface area contributed by atoms with E-state index in [1.807, 2.05) is 0 Å². The van der Waals surface area contributed by atoms with E-state index in [4.69, 9.17) is 5.11 Å². The van der Waals surface area contributed by atoms with Crippen molar-refractivity contribution in [2.45, 2.75) is 6.92 Å². The van der Waals surface area contributed by atoms with Gasteiger partial charge in [-0.1, -0.05) is 0 Å². The lowest BCUT2D eigenvalue weighted by Crippen LogP contribution is -2.39. The number of hydrogen-bond acceptors (Lipinski definition) is 1. The van der Waals surface area contributed by atoms with Crippen LogP contribution in [-0.2, 0) is 4.79 Å². The fraction of sp³-hybridized carbons (Fsp3) is 0.625. The molecule has 3 heteroatoms. The van der Waals surface area contributed by atoms with Gasteiger partial charge in [-0.25, -0.2) is 4.79 Å². The summed E-state index contributed by atoms with van der Waals surface area (Å²) in [6, 6.07) is 0. The van der Waals surface area contributed by atoms with Crippen LogP contribution in [0, 0.1) is 0 Å². The Labute approximate surface area is 67.5 Å². The number of nitrogens with zero attached hydrogens (tertiary/aromatic N) is 1. The molecule has 3 nitrogen and oxygen atoms in total. The lowest BCUT2D eigenvalue weighted by Gasteiger charge is -2.26. The Bertz CT molecular complexity index is 161. The molecular weight excluding hydrogens is 142 g/mol. The molecule has 0 spiro atoms. The molecule has 0 unspecified atom stereocenters. The molecule has 0 heterocycles. The molecular formula is C8H16NO2+. The Hall–Kier alpha value is -0.830. The first-order valence-corrected chi connectivity index (χ1v) is 3.69. The van der Waals surface area contributed by atoms with E-state index in [1.165, 1.54) is 6.08 Å². The van der Waals surface area contributed by atoms with E-state index in [2.05, 4.69) is 21.0 Å². The minimum Gasteiger partial charge on any atom is -0.478 e. The van der Waals surface area contributed by atoms with Gasteiger partial charge in [0.15, 0.2) is 0 Å². The Morgan fingerprint density at radius 2 is 2.09 bits per heavy atom. The quantitative estimate of drug-likeness (QED) is 0.483. The van der Waals surface area contributed by atoms with Gasteiger partial charge in [-0.15, -0.1) is 0 Å². The summed E-state index contributed by atoms with van der Waals surface area (Å²) in [6.07, 6.45) is 2.88. The number of carbonyl (C=O) groups is 1. The first-order chi connectivity index (χ1) is 4.98. The Morgan fingerprint density at radius 3 is 2.45 bits per heavy atom. The van der Waals surface area contributed by atoms with E-state index in [0.717, 1.165) is 17.6 Å². The minimum absolute atomic E-state index is 0.767. The zero-order chi connectivity index (χ0) is 8.91. The number of hydrogen-bond donors (Lipinski definition) is 1. The third-order valence-electron chi connectivity index (χ3n) is 1.72. The molecule has 0 aromatic heterocycles. The fourth-order valence-corrected chi connectivity index (χ4v) is 0.568. The fourth-order valence-electron chi connectivity index (χ4n) is 0.568. The zero-order valence-corrected chi connectivity index (χ0v) is 7.37. The highest BCUT2D eigenvalue weighted by Gasteiger charge is 2.07. The molecule has 0 saturated heterocycles. The second-order valence-corrected chi connectivity index (χ2v) is 3.18. The number of carboxylic acids is 1. The SMILES string of the molecule is CC[N+](C)(C)C/C=C/C(=O)O. The van der Waals surface area contributed by atoms with Crippen molar-refractivity contribution in [2.24, 2.45) is 0 Å². The van der Waals surface area contributed by atoms with Gasteiger partial charge in [-0.3, -0.25) is 0 Å². The Balaban J connectivity index is 3.78. The van der Waals surface area contributed by atoms with Crippen LogP contribution in [0.15, 0.2) is 12.2 Å². The predicted octanol–water partition coefficient (Wildman–Crippen LogP) is 0.723. The van der Waals surface area contributed by atoms with Crippen molar-refractivity contribution >= 4 is 5.97 Å². The second-order valence-electron chi connectivity index (χ2n) is 3.18. The summed E-state index contributed by atoms with van der Waals surface area (Å²) in [6.45, 7) is 3.85. The summed E-state index contributed by atoms with van der Waals surface area (Å²) in [5.41, 5.74) is 0. The topological polar surface area (TPSA) is 37.3 Å². The van der Waals surface area contributed by atoms with Crippen molar-refractivity contribution in [3.8, 4) is 0 Å². The Kier molecular flexibility index (Phi) is 3.82. The van der Waals surface area contributed by atoms with Crippen molar-refractivity contribution in [2.75, 3.05) is 27.2 Å². The third-order valence-corrected chi connectivity index (χ3v) is 1.72. The molecule has 0 atom stereocenters. The van der Waals surface area contributed by atoms with Crippen molar-refractivity contribution in [1.82, 2.24) is 0 Å². The van der Waals surface area contributed by atoms with Crippen LogP contribution in [0.1, 0.15) is 6.92 Å². The van der Waals surface area contributed by atoms with Crippen LogP contribution in [0.25, 0.3) is 0 Å². The van der Waals surface area contributed by atoms with Gasteiger partial charge in [-0.05, 0) is 13.0 Å². The van der Waals surface area contributed by atoms with Gasteiger partial charge in [0.2, 0.25) is 0 Å². The van der Waals surface area contributed by atoms with Crippen molar-refractivity contribution in [3.05, 3.63) is 12.2 Å². The molecule has 0 fully saturated rings. The maximum absolute atomic E-state index is 10.1. The summed E-state index contributed by atoms with van der Waals surface area (Å²) in [5, 5.41) is 8.29. The molecule has 1 N–H and O–H groups in total. The molecule has 0 rings (SSSR count). The van der Waals surface area contributed by atoms with Gasteiger partial charge in [0.1, 0.15) is 0 Å². The first kappa shape index (κ1) is 10.2. The van der Waals surface area contributed by atoms with Gasteiger partial charge in [0.25, 0.3) is 0 Å². The zero-order valence-electron chi connectivity index (χ0n) is 7.37. The van der Waals surface area contributed by atoms with E-state index in [9.17, 15) is 4.79 Å². The summed E-state index contributed by atoms with van der Waals surface area (Å²) < 4.78 is 0.823. The summed E-state index contributed by atoms with van der Waals surface area (Å²) >= 11 is 0. The van der Waals surface area contributed by atoms with E-state index in [-0.39, 0.29) is 0 Å². The summed E-state index contributed by atoms with van der Waals surface area (Å²) in [5.74, 6) is -0.874. The van der Waals surface area contributed by atoms with Crippen LogP contribution < -0.4 is 0 Å². The van der Waals surface area contributed by atoms with E-state index in [0.29, 0.717) is 0 Å². The van der Waals surface area contributed by atoms with Gasteiger partial charge in [-0.2, -0.15) is 0 Å². The van der Waals surface area contributed by atoms with Gasteiger partial charge in [0.05, 0.1) is 27.2 Å². The van der Waals surface area contributed by atoms with Gasteiger partial charge >= 0.3 is 5.97 Å². The highest BCUT2D eigenvalue weighted by atomic mass is 16.4. The van der Waals surface area contributed by atoms with Crippen LogP contribution in [0.4, 0.5) is 0 Å². The molecule has 0 saturated carbocycles. The Morgan fingerprint density at radius 1 is 1.55 bits per heavy atom. The normalized spacial score (nSPS) is 12.3. The van der Waals surface area contributed by atoms with E-state index >= 15 is 0 Å². The van der Waals surface area contributed by atoms with Crippen LogP contribution in [-0.4, -0.2) is 42.7 Å². The predicted molar refractivity (Wildman–Crippen MR) is 44.3 cm³/mol.